The molecule has 1 unspecified atom stereocenters. The van der Waals surface area contributed by atoms with E-state index in [0.717, 1.165) is 18.5 Å². The molecule has 1 atom stereocenters. The first-order chi connectivity index (χ1) is 8.60. The van der Waals surface area contributed by atoms with Crippen molar-refractivity contribution in [3.05, 3.63) is 16.9 Å². The number of nitrogens with two attached hydrogens (primary N) is 1. The highest BCUT2D eigenvalue weighted by molar-refractivity contribution is 6.31. The molecule has 0 aliphatic heterocycles. The van der Waals surface area contributed by atoms with Crippen LogP contribution in [0.15, 0.2) is 6.20 Å². The molecular formula is C12H23ClN4O. The average Bonchev–Trinajstić information content (AvgIpc) is 2.69. The maximum Gasteiger partial charge on any atom is 0.0834 e. The van der Waals surface area contributed by atoms with Gasteiger partial charge in [0.2, 0.25) is 0 Å². The second kappa shape index (κ2) is 7.74. The highest BCUT2D eigenvalue weighted by Crippen LogP contribution is 2.26. The van der Waals surface area contributed by atoms with Crippen LogP contribution in [0.1, 0.15) is 38.4 Å². The van der Waals surface area contributed by atoms with E-state index in [1.807, 2.05) is 4.68 Å². The van der Waals surface area contributed by atoms with Crippen LogP contribution in [-0.4, -0.2) is 23.5 Å². The van der Waals surface area contributed by atoms with Crippen molar-refractivity contribution in [2.45, 2.75) is 39.3 Å². The van der Waals surface area contributed by atoms with Gasteiger partial charge in [-0.1, -0.05) is 25.4 Å². The molecule has 104 valence electrons. The number of methoxy groups -OCH3 is 1. The van der Waals surface area contributed by atoms with Gasteiger partial charge in [0.1, 0.15) is 0 Å². The molecule has 0 aliphatic rings. The Balaban J connectivity index is 2.79. The summed E-state index contributed by atoms with van der Waals surface area (Å²) in [5.74, 6) is 6.27. The number of hydrazine groups is 1. The minimum atomic E-state index is 0.0271. The Morgan fingerprint density at radius 3 is 2.78 bits per heavy atom. The number of nitrogens with one attached hydrogen (secondary N) is 1. The van der Waals surface area contributed by atoms with Gasteiger partial charge in [-0.2, -0.15) is 5.10 Å². The molecule has 0 spiro atoms. The van der Waals surface area contributed by atoms with Gasteiger partial charge < -0.3 is 4.74 Å². The zero-order valence-electron chi connectivity index (χ0n) is 11.3. The lowest BCUT2D eigenvalue weighted by molar-refractivity contribution is 0.181. The Kier molecular flexibility index (Phi) is 6.63. The lowest BCUT2D eigenvalue weighted by Crippen LogP contribution is -2.30. The molecule has 0 aliphatic carbocycles. The van der Waals surface area contributed by atoms with E-state index in [9.17, 15) is 0 Å². The molecule has 1 rings (SSSR count). The van der Waals surface area contributed by atoms with E-state index >= 15 is 0 Å². The van der Waals surface area contributed by atoms with Crippen LogP contribution in [0.3, 0.4) is 0 Å². The summed E-state index contributed by atoms with van der Waals surface area (Å²) in [4.78, 5) is 0. The van der Waals surface area contributed by atoms with Gasteiger partial charge in [-0.15, -0.1) is 0 Å². The normalized spacial score (nSPS) is 13.2. The number of rotatable bonds is 8. The molecule has 3 N–H and O–H groups in total. The highest BCUT2D eigenvalue weighted by Gasteiger charge is 2.19. The van der Waals surface area contributed by atoms with Crippen LogP contribution >= 0.6 is 11.6 Å². The maximum absolute atomic E-state index is 6.19. The summed E-state index contributed by atoms with van der Waals surface area (Å²) >= 11 is 6.19. The number of halogens is 1. The van der Waals surface area contributed by atoms with Crippen molar-refractivity contribution in [1.82, 2.24) is 15.2 Å². The predicted octanol–water partition coefficient (Wildman–Crippen LogP) is 2.12. The van der Waals surface area contributed by atoms with E-state index < -0.39 is 0 Å². The van der Waals surface area contributed by atoms with Gasteiger partial charge >= 0.3 is 0 Å². The summed E-state index contributed by atoms with van der Waals surface area (Å²) in [6.07, 6.45) is 3.68. The molecule has 1 aromatic heterocycles. The smallest absolute Gasteiger partial charge is 0.0834 e. The molecule has 5 nitrogen and oxygen atoms in total. The Morgan fingerprint density at radius 1 is 1.50 bits per heavy atom. The largest absolute Gasteiger partial charge is 0.383 e. The molecule has 0 saturated carbocycles. The fourth-order valence-corrected chi connectivity index (χ4v) is 2.15. The predicted molar refractivity (Wildman–Crippen MR) is 73.2 cm³/mol. The fourth-order valence-electron chi connectivity index (χ4n) is 1.87. The number of nitrogens with zero attached hydrogens (tertiary/aromatic N) is 2. The van der Waals surface area contributed by atoms with E-state index in [-0.39, 0.29) is 6.04 Å². The van der Waals surface area contributed by atoms with Gasteiger partial charge in [-0.25, -0.2) is 0 Å². The summed E-state index contributed by atoms with van der Waals surface area (Å²) in [5, 5.41) is 4.91. The summed E-state index contributed by atoms with van der Waals surface area (Å²) in [5.41, 5.74) is 3.77. The number of hydrogen-bond donors (Lipinski definition) is 2. The van der Waals surface area contributed by atoms with E-state index in [1.165, 1.54) is 0 Å². The van der Waals surface area contributed by atoms with Crippen molar-refractivity contribution < 1.29 is 4.74 Å². The second-order valence-electron chi connectivity index (χ2n) is 4.78. The van der Waals surface area contributed by atoms with Gasteiger partial charge in [0.25, 0.3) is 0 Å². The van der Waals surface area contributed by atoms with Crippen LogP contribution in [-0.2, 0) is 11.3 Å². The molecular weight excluding hydrogens is 252 g/mol. The molecule has 1 heterocycles. The van der Waals surface area contributed by atoms with Gasteiger partial charge in [-0.05, 0) is 18.8 Å². The minimum Gasteiger partial charge on any atom is -0.383 e. The standard InChI is InChI=1S/C12H23ClN4O/c1-9(2)4-5-11(16-14)12-10(13)8-15-17(12)6-7-18-3/h8-9,11,16H,4-7,14H2,1-3H3. The van der Waals surface area contributed by atoms with Crippen LogP contribution in [0.5, 0.6) is 0 Å². The van der Waals surface area contributed by atoms with E-state index in [1.54, 1.807) is 13.3 Å². The number of hydrogen-bond acceptors (Lipinski definition) is 4. The van der Waals surface area contributed by atoms with Gasteiger partial charge in [0, 0.05) is 7.11 Å². The molecule has 1 aromatic rings. The van der Waals surface area contributed by atoms with E-state index in [4.69, 9.17) is 22.2 Å². The summed E-state index contributed by atoms with van der Waals surface area (Å²) in [6.45, 7) is 5.67. The van der Waals surface area contributed by atoms with Gasteiger partial charge in [0.15, 0.2) is 0 Å². The fraction of sp³-hybridized carbons (Fsp3) is 0.750. The van der Waals surface area contributed by atoms with Crippen molar-refractivity contribution in [2.24, 2.45) is 11.8 Å². The highest BCUT2D eigenvalue weighted by atomic mass is 35.5. The van der Waals surface area contributed by atoms with Crippen molar-refractivity contribution in [2.75, 3.05) is 13.7 Å². The first-order valence-corrected chi connectivity index (χ1v) is 6.64. The summed E-state index contributed by atoms with van der Waals surface area (Å²) in [6, 6.07) is 0.0271. The Morgan fingerprint density at radius 2 is 2.22 bits per heavy atom. The zero-order chi connectivity index (χ0) is 13.5. The molecule has 0 aromatic carbocycles. The lowest BCUT2D eigenvalue weighted by Gasteiger charge is -2.19. The van der Waals surface area contributed by atoms with Crippen LogP contribution in [0.2, 0.25) is 5.02 Å². The Hall–Kier alpha value is -0.620. The molecule has 0 saturated heterocycles. The van der Waals surface area contributed by atoms with Gasteiger partial charge in [-0.3, -0.25) is 16.0 Å². The first kappa shape index (κ1) is 15.4. The Labute approximate surface area is 114 Å². The van der Waals surface area contributed by atoms with Gasteiger partial charge in [0.05, 0.1) is 36.1 Å². The number of aromatic nitrogens is 2. The van der Waals surface area contributed by atoms with Crippen LogP contribution in [0.4, 0.5) is 0 Å². The molecule has 0 amide bonds. The van der Waals surface area contributed by atoms with Crippen molar-refractivity contribution in [1.29, 1.82) is 0 Å². The Bertz CT molecular complexity index is 354. The first-order valence-electron chi connectivity index (χ1n) is 6.26. The second-order valence-corrected chi connectivity index (χ2v) is 5.19. The third kappa shape index (κ3) is 4.24. The minimum absolute atomic E-state index is 0.0271. The van der Waals surface area contributed by atoms with Crippen molar-refractivity contribution in [3.8, 4) is 0 Å². The third-order valence-electron chi connectivity index (χ3n) is 2.90. The van der Waals surface area contributed by atoms with E-state index in [0.29, 0.717) is 24.1 Å². The number of ether oxygens (including phenoxy) is 1. The van der Waals surface area contributed by atoms with Crippen LogP contribution in [0, 0.1) is 5.92 Å². The quantitative estimate of drug-likeness (QED) is 0.563. The van der Waals surface area contributed by atoms with Crippen molar-refractivity contribution >= 4 is 11.6 Å². The lowest BCUT2D eigenvalue weighted by atomic mass is 10.0. The molecule has 6 heteroatoms. The summed E-state index contributed by atoms with van der Waals surface area (Å²) in [7, 11) is 1.67. The molecule has 0 fully saturated rings. The van der Waals surface area contributed by atoms with E-state index in [2.05, 4.69) is 24.4 Å². The SMILES string of the molecule is COCCn1ncc(Cl)c1C(CCC(C)C)NN. The third-order valence-corrected chi connectivity index (χ3v) is 3.20. The van der Waals surface area contributed by atoms with Crippen molar-refractivity contribution in [3.63, 3.8) is 0 Å². The topological polar surface area (TPSA) is 65.1 Å². The molecule has 0 bridgehead atoms. The maximum atomic E-state index is 6.19. The molecule has 18 heavy (non-hydrogen) atoms. The van der Waals surface area contributed by atoms with Crippen LogP contribution < -0.4 is 11.3 Å². The van der Waals surface area contributed by atoms with Crippen LogP contribution in [0.25, 0.3) is 0 Å². The molecule has 0 radical (unpaired) electrons. The monoisotopic (exact) mass is 274 g/mol. The average molecular weight is 275 g/mol. The zero-order valence-corrected chi connectivity index (χ0v) is 12.1. The summed E-state index contributed by atoms with van der Waals surface area (Å²) < 4.78 is 6.92.